The summed E-state index contributed by atoms with van der Waals surface area (Å²) in [7, 11) is 0. The number of hydrogen-bond acceptors (Lipinski definition) is 3. The van der Waals surface area contributed by atoms with E-state index in [2.05, 4.69) is 0 Å². The highest BCUT2D eigenvalue weighted by atomic mass is 32.1. The van der Waals surface area contributed by atoms with Gasteiger partial charge in [0.2, 0.25) is 5.78 Å². The zero-order chi connectivity index (χ0) is 13.8. The van der Waals surface area contributed by atoms with Crippen molar-refractivity contribution in [1.29, 1.82) is 0 Å². The Labute approximate surface area is 104 Å². The number of hydrogen-bond donors (Lipinski definition) is 0. The van der Waals surface area contributed by atoms with Crippen LogP contribution < -0.4 is 0 Å². The Balaban J connectivity index is 2.58. The third-order valence-corrected chi connectivity index (χ3v) is 2.79. The van der Waals surface area contributed by atoms with E-state index < -0.39 is 30.3 Å². The second-order valence-electron chi connectivity index (χ2n) is 3.34. The van der Waals surface area contributed by atoms with Crippen molar-refractivity contribution in [3.63, 3.8) is 0 Å². The molecule has 0 spiro atoms. The maximum atomic E-state index is 12.5. The van der Waals surface area contributed by atoms with Gasteiger partial charge in [-0.2, -0.15) is 8.78 Å². The number of Topliss-reactive ketones (excluding diaryl/α,β-unsaturated/α-hetero) is 1. The van der Waals surface area contributed by atoms with Crippen molar-refractivity contribution >= 4 is 29.0 Å². The van der Waals surface area contributed by atoms with Crippen molar-refractivity contribution in [2.24, 2.45) is 0 Å². The molecular formula is C11H8F4O2S. The van der Waals surface area contributed by atoms with Crippen molar-refractivity contribution in [2.75, 3.05) is 0 Å². The second-order valence-corrected chi connectivity index (χ2v) is 4.32. The lowest BCUT2D eigenvalue weighted by atomic mass is 10.1. The molecule has 1 heterocycles. The lowest BCUT2D eigenvalue weighted by molar-refractivity contribution is -0.167. The van der Waals surface area contributed by atoms with Crippen LogP contribution in [0.4, 0.5) is 17.6 Å². The van der Waals surface area contributed by atoms with Gasteiger partial charge in [0.05, 0.1) is 6.42 Å². The van der Waals surface area contributed by atoms with Gasteiger partial charge in [-0.25, -0.2) is 8.78 Å². The van der Waals surface area contributed by atoms with E-state index in [1.165, 1.54) is 17.4 Å². The van der Waals surface area contributed by atoms with Gasteiger partial charge in [0.1, 0.15) is 0 Å². The maximum Gasteiger partial charge on any atom is 0.364 e. The molecule has 0 N–H and O–H groups in total. The van der Waals surface area contributed by atoms with Gasteiger partial charge in [0, 0.05) is 4.88 Å². The molecule has 1 aromatic rings. The minimum atomic E-state index is -4.77. The van der Waals surface area contributed by atoms with E-state index in [9.17, 15) is 27.2 Å². The smallest absolute Gasteiger partial charge is 0.294 e. The predicted molar refractivity (Wildman–Crippen MR) is 58.9 cm³/mol. The summed E-state index contributed by atoms with van der Waals surface area (Å²) in [5.74, 6) is -7.78. The molecule has 0 saturated carbocycles. The fraction of sp³-hybridized carbons (Fsp3) is 0.273. The van der Waals surface area contributed by atoms with Crippen molar-refractivity contribution in [2.45, 2.75) is 18.8 Å². The van der Waals surface area contributed by atoms with Gasteiger partial charge >= 0.3 is 12.3 Å². The minimum Gasteiger partial charge on any atom is -0.294 e. The molecule has 18 heavy (non-hydrogen) atoms. The number of alkyl halides is 4. The average molecular weight is 280 g/mol. The topological polar surface area (TPSA) is 34.1 Å². The summed E-state index contributed by atoms with van der Waals surface area (Å²) in [5.41, 5.74) is 0. The van der Waals surface area contributed by atoms with Crippen molar-refractivity contribution in [3.05, 3.63) is 28.5 Å². The Morgan fingerprint density at radius 1 is 1.39 bits per heavy atom. The van der Waals surface area contributed by atoms with Crippen molar-refractivity contribution < 1.29 is 27.2 Å². The van der Waals surface area contributed by atoms with Crippen LogP contribution >= 0.6 is 11.3 Å². The van der Waals surface area contributed by atoms with Gasteiger partial charge in [0.15, 0.2) is 5.78 Å². The van der Waals surface area contributed by atoms with Crippen LogP contribution in [-0.4, -0.2) is 23.9 Å². The third-order valence-electron chi connectivity index (χ3n) is 1.96. The summed E-state index contributed by atoms with van der Waals surface area (Å²) in [6, 6.07) is 3.38. The highest BCUT2D eigenvalue weighted by Gasteiger charge is 2.48. The Bertz CT molecular complexity index is 452. The SMILES string of the molecule is O=C(/C=C/c1cccs1)CC(=O)C(F)(F)C(F)F. The lowest BCUT2D eigenvalue weighted by Crippen LogP contribution is -2.37. The molecule has 0 radical (unpaired) electrons. The molecule has 2 nitrogen and oxygen atoms in total. The van der Waals surface area contributed by atoms with E-state index in [1.54, 1.807) is 17.5 Å². The quantitative estimate of drug-likeness (QED) is 0.455. The number of rotatable bonds is 6. The first kappa shape index (κ1) is 14.6. The summed E-state index contributed by atoms with van der Waals surface area (Å²) < 4.78 is 48.7. The second kappa shape index (κ2) is 5.90. The molecule has 0 amide bonds. The van der Waals surface area contributed by atoms with Gasteiger partial charge in [-0.15, -0.1) is 11.3 Å². The van der Waals surface area contributed by atoms with Gasteiger partial charge in [-0.3, -0.25) is 9.59 Å². The van der Waals surface area contributed by atoms with Crippen LogP contribution in [0.25, 0.3) is 6.08 Å². The fourth-order valence-electron chi connectivity index (χ4n) is 1.02. The number of carbonyl (C=O) groups is 2. The number of halogens is 4. The van der Waals surface area contributed by atoms with Crippen LogP contribution in [0.2, 0.25) is 0 Å². The first-order valence-corrected chi connectivity index (χ1v) is 5.65. The molecule has 0 saturated heterocycles. The van der Waals surface area contributed by atoms with Crippen LogP contribution in [0, 0.1) is 0 Å². The summed E-state index contributed by atoms with van der Waals surface area (Å²) in [5, 5.41) is 1.74. The van der Waals surface area contributed by atoms with Crippen LogP contribution in [-0.2, 0) is 9.59 Å². The zero-order valence-corrected chi connectivity index (χ0v) is 9.72. The van der Waals surface area contributed by atoms with Crippen LogP contribution in [0.15, 0.2) is 23.6 Å². The van der Waals surface area contributed by atoms with Gasteiger partial charge in [0.25, 0.3) is 0 Å². The van der Waals surface area contributed by atoms with E-state index in [-0.39, 0.29) is 0 Å². The third kappa shape index (κ3) is 3.76. The molecule has 1 aromatic heterocycles. The Kier molecular flexibility index (Phi) is 4.77. The van der Waals surface area contributed by atoms with Crippen LogP contribution in [0.5, 0.6) is 0 Å². The highest BCUT2D eigenvalue weighted by molar-refractivity contribution is 7.10. The number of thiophene rings is 1. The first-order chi connectivity index (χ1) is 8.34. The largest absolute Gasteiger partial charge is 0.364 e. The summed E-state index contributed by atoms with van der Waals surface area (Å²) in [6.45, 7) is 0. The van der Waals surface area contributed by atoms with E-state index in [4.69, 9.17) is 0 Å². The minimum absolute atomic E-state index is 0.691. The molecule has 7 heteroatoms. The van der Waals surface area contributed by atoms with E-state index in [0.29, 0.717) is 4.88 Å². The Morgan fingerprint density at radius 2 is 2.06 bits per heavy atom. The standard InChI is InChI=1S/C11H8F4O2S/c12-10(13)11(14,15)9(17)6-7(16)3-4-8-2-1-5-18-8/h1-5,10H,6H2/b4-3+. The summed E-state index contributed by atoms with van der Waals surface area (Å²) >= 11 is 1.30. The average Bonchev–Trinajstić information content (AvgIpc) is 2.78. The molecule has 0 unspecified atom stereocenters. The highest BCUT2D eigenvalue weighted by Crippen LogP contribution is 2.25. The molecule has 0 aromatic carbocycles. The normalized spacial score (nSPS) is 12.3. The number of allylic oxidation sites excluding steroid dienone is 1. The molecule has 0 aliphatic carbocycles. The number of carbonyl (C=O) groups excluding carboxylic acids is 2. The Morgan fingerprint density at radius 3 is 2.56 bits per heavy atom. The van der Waals surface area contributed by atoms with E-state index in [1.807, 2.05) is 0 Å². The monoisotopic (exact) mass is 280 g/mol. The van der Waals surface area contributed by atoms with Crippen molar-refractivity contribution in [3.8, 4) is 0 Å². The lowest BCUT2D eigenvalue weighted by Gasteiger charge is -2.12. The molecule has 0 atom stereocenters. The first-order valence-electron chi connectivity index (χ1n) is 4.77. The molecule has 0 aliphatic rings. The molecular weight excluding hydrogens is 272 g/mol. The number of ketones is 2. The van der Waals surface area contributed by atoms with Crippen LogP contribution in [0.3, 0.4) is 0 Å². The molecule has 0 bridgehead atoms. The van der Waals surface area contributed by atoms with Gasteiger partial charge in [-0.05, 0) is 23.6 Å². The summed E-state index contributed by atoms with van der Waals surface area (Å²) in [6.07, 6.45) is -3.08. The predicted octanol–water partition coefficient (Wildman–Crippen LogP) is 3.19. The molecule has 0 fully saturated rings. The molecule has 98 valence electrons. The Hall–Kier alpha value is -1.50. The zero-order valence-electron chi connectivity index (χ0n) is 8.91. The van der Waals surface area contributed by atoms with Crippen molar-refractivity contribution in [1.82, 2.24) is 0 Å². The maximum absolute atomic E-state index is 12.5. The van der Waals surface area contributed by atoms with E-state index in [0.717, 1.165) is 6.08 Å². The van der Waals surface area contributed by atoms with E-state index >= 15 is 0 Å². The van der Waals surface area contributed by atoms with Gasteiger partial charge < -0.3 is 0 Å². The molecule has 1 rings (SSSR count). The molecule has 0 aliphatic heterocycles. The summed E-state index contributed by atoms with van der Waals surface area (Å²) in [4.78, 5) is 22.6. The fourth-order valence-corrected chi connectivity index (χ4v) is 1.64. The van der Waals surface area contributed by atoms with Crippen LogP contribution in [0.1, 0.15) is 11.3 Å². The van der Waals surface area contributed by atoms with Gasteiger partial charge in [-0.1, -0.05) is 6.07 Å².